The number of carbonyl (C=O) groups excluding carboxylic acids is 1. The zero-order valence-corrected chi connectivity index (χ0v) is 10.6. The van der Waals surface area contributed by atoms with Crippen LogP contribution in [0.5, 0.6) is 0 Å². The molecule has 2 N–H and O–H groups in total. The summed E-state index contributed by atoms with van der Waals surface area (Å²) in [6.07, 6.45) is 5.15. The minimum atomic E-state index is -0.215. The van der Waals surface area contributed by atoms with Crippen molar-refractivity contribution < 1.29 is 9.53 Å². The number of carbonyl (C=O) groups is 1. The zero-order valence-electron chi connectivity index (χ0n) is 10.6. The number of nitrogens with one attached hydrogen (secondary N) is 2. The van der Waals surface area contributed by atoms with Crippen LogP contribution in [-0.2, 0) is 4.74 Å². The van der Waals surface area contributed by atoms with Crippen molar-refractivity contribution in [3.63, 3.8) is 0 Å². The number of hydrogen-bond donors (Lipinski definition) is 2. The van der Waals surface area contributed by atoms with Crippen molar-refractivity contribution >= 4 is 11.7 Å². The van der Waals surface area contributed by atoms with Gasteiger partial charge in [0.2, 0.25) is 0 Å². The molecule has 6 nitrogen and oxygen atoms in total. The lowest BCUT2D eigenvalue weighted by molar-refractivity contribution is 0.0709. The summed E-state index contributed by atoms with van der Waals surface area (Å²) in [5.41, 5.74) is 0.318. The fourth-order valence-electron chi connectivity index (χ4n) is 1.94. The zero-order chi connectivity index (χ0) is 13.0. The minimum Gasteiger partial charge on any atom is -0.376 e. The second-order valence-electron chi connectivity index (χ2n) is 4.35. The van der Waals surface area contributed by atoms with Gasteiger partial charge in [0.25, 0.3) is 5.91 Å². The normalized spacial score (nSPS) is 20.4. The van der Waals surface area contributed by atoms with Crippen LogP contribution in [0.1, 0.15) is 30.3 Å². The van der Waals surface area contributed by atoms with E-state index in [-0.39, 0.29) is 18.1 Å². The average Bonchev–Trinajstić information content (AvgIpc) is 2.92. The average molecular weight is 250 g/mol. The van der Waals surface area contributed by atoms with Gasteiger partial charge in [-0.3, -0.25) is 4.79 Å². The minimum absolute atomic E-state index is 0.00854. The molecule has 18 heavy (non-hydrogen) atoms. The number of aromatic nitrogens is 2. The van der Waals surface area contributed by atoms with Crippen molar-refractivity contribution in [2.45, 2.75) is 31.9 Å². The molecule has 0 bridgehead atoms. The summed E-state index contributed by atoms with van der Waals surface area (Å²) in [5, 5.41) is 5.74. The van der Waals surface area contributed by atoms with E-state index in [0.29, 0.717) is 11.5 Å². The first kappa shape index (κ1) is 12.8. The van der Waals surface area contributed by atoms with Crippen LogP contribution in [0.3, 0.4) is 0 Å². The Bertz CT molecular complexity index is 401. The summed E-state index contributed by atoms with van der Waals surface area (Å²) < 4.78 is 5.53. The van der Waals surface area contributed by atoms with Crippen molar-refractivity contribution in [2.75, 3.05) is 19.0 Å². The molecule has 2 rings (SSSR count). The lowest BCUT2D eigenvalue weighted by Crippen LogP contribution is -2.41. The molecular formula is C12H18N4O2. The summed E-state index contributed by atoms with van der Waals surface area (Å²) in [7, 11) is 1.75. The summed E-state index contributed by atoms with van der Waals surface area (Å²) in [5.74, 6) is 0.423. The molecule has 2 atom stereocenters. The Morgan fingerprint density at radius 1 is 1.50 bits per heavy atom. The molecule has 1 aromatic rings. The maximum absolute atomic E-state index is 11.9. The number of amides is 1. The van der Waals surface area contributed by atoms with Crippen LogP contribution in [0.25, 0.3) is 0 Å². The van der Waals surface area contributed by atoms with Gasteiger partial charge in [0.15, 0.2) is 0 Å². The molecule has 0 radical (unpaired) electrons. The predicted molar refractivity (Wildman–Crippen MR) is 67.5 cm³/mol. The van der Waals surface area contributed by atoms with Gasteiger partial charge in [-0.1, -0.05) is 0 Å². The number of rotatable bonds is 4. The molecule has 0 spiro atoms. The Kier molecular flexibility index (Phi) is 4.09. The molecule has 1 aromatic heterocycles. The summed E-state index contributed by atoms with van der Waals surface area (Å²) in [4.78, 5) is 20.0. The number of hydrogen-bond acceptors (Lipinski definition) is 5. The molecule has 1 aliphatic heterocycles. The molecule has 0 aliphatic carbocycles. The van der Waals surface area contributed by atoms with Gasteiger partial charge >= 0.3 is 0 Å². The maximum Gasteiger partial charge on any atom is 0.271 e. The van der Waals surface area contributed by atoms with E-state index in [1.54, 1.807) is 7.05 Å². The summed E-state index contributed by atoms with van der Waals surface area (Å²) in [6, 6.07) is -0.00854. The molecule has 2 unspecified atom stereocenters. The Morgan fingerprint density at radius 3 is 2.89 bits per heavy atom. The van der Waals surface area contributed by atoms with Crippen molar-refractivity contribution in [1.82, 2.24) is 15.3 Å². The fraction of sp³-hybridized carbons (Fsp3) is 0.583. The van der Waals surface area contributed by atoms with Gasteiger partial charge in [0.1, 0.15) is 11.5 Å². The van der Waals surface area contributed by atoms with Gasteiger partial charge in [-0.2, -0.15) is 0 Å². The lowest BCUT2D eigenvalue weighted by atomic mass is 10.1. The third-order valence-corrected chi connectivity index (χ3v) is 3.02. The smallest absolute Gasteiger partial charge is 0.271 e. The Morgan fingerprint density at radius 2 is 2.33 bits per heavy atom. The first-order valence-electron chi connectivity index (χ1n) is 6.13. The molecule has 0 saturated carbocycles. The van der Waals surface area contributed by atoms with Crippen LogP contribution < -0.4 is 10.6 Å². The molecule has 1 amide bonds. The first-order chi connectivity index (χ1) is 8.70. The molecule has 0 aromatic carbocycles. The fourth-order valence-corrected chi connectivity index (χ4v) is 1.94. The second-order valence-corrected chi connectivity index (χ2v) is 4.35. The van der Waals surface area contributed by atoms with Crippen LogP contribution in [-0.4, -0.2) is 41.7 Å². The molecule has 1 fully saturated rings. The van der Waals surface area contributed by atoms with E-state index in [9.17, 15) is 4.79 Å². The first-order valence-corrected chi connectivity index (χ1v) is 6.13. The van der Waals surface area contributed by atoms with Gasteiger partial charge in [0.05, 0.1) is 24.5 Å². The molecule has 1 saturated heterocycles. The van der Waals surface area contributed by atoms with E-state index < -0.39 is 0 Å². The van der Waals surface area contributed by atoms with E-state index in [2.05, 4.69) is 20.6 Å². The van der Waals surface area contributed by atoms with Gasteiger partial charge in [0, 0.05) is 13.7 Å². The number of nitrogens with zero attached hydrogens (tertiary/aromatic N) is 2. The van der Waals surface area contributed by atoms with Crippen molar-refractivity contribution in [3.05, 3.63) is 18.1 Å². The van der Waals surface area contributed by atoms with Crippen LogP contribution >= 0.6 is 0 Å². The summed E-state index contributed by atoms with van der Waals surface area (Å²) >= 11 is 0. The molecule has 1 aliphatic rings. The van der Waals surface area contributed by atoms with E-state index in [4.69, 9.17) is 4.74 Å². The van der Waals surface area contributed by atoms with Crippen molar-refractivity contribution in [2.24, 2.45) is 0 Å². The predicted octanol–water partition coefficient (Wildman–Crippen LogP) is 0.816. The highest BCUT2D eigenvalue weighted by Crippen LogP contribution is 2.15. The van der Waals surface area contributed by atoms with Crippen LogP contribution in [0.2, 0.25) is 0 Å². The number of ether oxygens (including phenoxy) is 1. The third kappa shape index (κ3) is 2.95. The second kappa shape index (κ2) is 5.77. The van der Waals surface area contributed by atoms with Crippen molar-refractivity contribution in [1.29, 1.82) is 0 Å². The quantitative estimate of drug-likeness (QED) is 0.827. The van der Waals surface area contributed by atoms with Gasteiger partial charge in [-0.15, -0.1) is 0 Å². The standard InChI is InChI=1S/C12H18N4O2/c1-8(10-4-3-5-18-10)16-12(17)9-6-15-11(13-2)7-14-9/h6-8,10H,3-5H2,1-2H3,(H,13,15)(H,16,17). The Balaban J connectivity index is 1.93. The van der Waals surface area contributed by atoms with Gasteiger partial charge in [-0.25, -0.2) is 9.97 Å². The Labute approximate surface area is 106 Å². The van der Waals surface area contributed by atoms with E-state index >= 15 is 0 Å². The highest BCUT2D eigenvalue weighted by molar-refractivity contribution is 5.92. The maximum atomic E-state index is 11.9. The topological polar surface area (TPSA) is 76.1 Å². The highest BCUT2D eigenvalue weighted by Gasteiger charge is 2.24. The van der Waals surface area contributed by atoms with E-state index in [0.717, 1.165) is 19.4 Å². The van der Waals surface area contributed by atoms with E-state index in [1.165, 1.54) is 12.4 Å². The van der Waals surface area contributed by atoms with Gasteiger partial charge < -0.3 is 15.4 Å². The number of anilines is 1. The lowest BCUT2D eigenvalue weighted by Gasteiger charge is -2.19. The highest BCUT2D eigenvalue weighted by atomic mass is 16.5. The molecule has 2 heterocycles. The monoisotopic (exact) mass is 250 g/mol. The van der Waals surface area contributed by atoms with Gasteiger partial charge in [-0.05, 0) is 19.8 Å². The largest absolute Gasteiger partial charge is 0.376 e. The van der Waals surface area contributed by atoms with E-state index in [1.807, 2.05) is 6.92 Å². The van der Waals surface area contributed by atoms with Crippen LogP contribution in [0, 0.1) is 0 Å². The molecular weight excluding hydrogens is 232 g/mol. The summed E-state index contributed by atoms with van der Waals surface area (Å²) in [6.45, 7) is 2.73. The van der Waals surface area contributed by atoms with Crippen LogP contribution in [0.4, 0.5) is 5.82 Å². The third-order valence-electron chi connectivity index (χ3n) is 3.02. The van der Waals surface area contributed by atoms with Crippen LogP contribution in [0.15, 0.2) is 12.4 Å². The van der Waals surface area contributed by atoms with Crippen molar-refractivity contribution in [3.8, 4) is 0 Å². The Hall–Kier alpha value is -1.69. The SMILES string of the molecule is CNc1cnc(C(=O)NC(C)C2CCCO2)cn1. The molecule has 6 heteroatoms. The molecule has 98 valence electrons.